The maximum Gasteiger partial charge on any atom is 0.238 e. The van der Waals surface area contributed by atoms with Crippen LogP contribution in [0, 0.1) is 12.7 Å². The molecule has 0 spiro atoms. The van der Waals surface area contributed by atoms with Crippen molar-refractivity contribution < 1.29 is 22.3 Å². The zero-order valence-corrected chi connectivity index (χ0v) is 22.3. The zero-order valence-electron chi connectivity index (χ0n) is 20.6. The summed E-state index contributed by atoms with van der Waals surface area (Å²) in [5, 5.41) is 1.98. The van der Waals surface area contributed by atoms with E-state index in [9.17, 15) is 17.6 Å². The van der Waals surface area contributed by atoms with Gasteiger partial charge in [-0.3, -0.25) is 9.69 Å². The highest BCUT2D eigenvalue weighted by Gasteiger charge is 2.28. The van der Waals surface area contributed by atoms with Crippen LogP contribution >= 0.6 is 11.3 Å². The number of morpholine rings is 1. The topological polar surface area (TPSA) is 70.2 Å². The first-order valence-corrected chi connectivity index (χ1v) is 14.6. The van der Waals surface area contributed by atoms with Gasteiger partial charge in [0.25, 0.3) is 0 Å². The summed E-state index contributed by atoms with van der Waals surface area (Å²) in [6, 6.07) is 8.07. The Morgan fingerprint density at radius 3 is 2.49 bits per heavy atom. The molecule has 1 aliphatic rings. The summed E-state index contributed by atoms with van der Waals surface area (Å²) in [5.41, 5.74) is 1.88. The van der Waals surface area contributed by atoms with Gasteiger partial charge in [-0.05, 0) is 48.1 Å². The van der Waals surface area contributed by atoms with Crippen LogP contribution in [0.15, 0.2) is 35.7 Å². The molecule has 0 bridgehead atoms. The van der Waals surface area contributed by atoms with Gasteiger partial charge in [0.1, 0.15) is 5.82 Å². The van der Waals surface area contributed by atoms with E-state index in [0.29, 0.717) is 32.7 Å². The van der Waals surface area contributed by atoms with Crippen LogP contribution in [0.5, 0.6) is 0 Å². The van der Waals surface area contributed by atoms with Crippen LogP contribution in [0.4, 0.5) is 4.39 Å². The van der Waals surface area contributed by atoms with E-state index in [2.05, 4.69) is 4.90 Å². The molecular weight excluding hydrogens is 489 g/mol. The molecule has 0 aliphatic carbocycles. The van der Waals surface area contributed by atoms with E-state index in [4.69, 9.17) is 4.74 Å². The van der Waals surface area contributed by atoms with E-state index in [1.54, 1.807) is 28.4 Å². The maximum atomic E-state index is 13.6. The molecule has 0 unspecified atom stereocenters. The average molecular weight is 526 g/mol. The molecule has 1 aliphatic heterocycles. The lowest BCUT2D eigenvalue weighted by Crippen LogP contribution is -2.47. The van der Waals surface area contributed by atoms with Gasteiger partial charge in [0.2, 0.25) is 15.9 Å². The molecule has 10 heteroatoms. The average Bonchev–Trinajstić information content (AvgIpc) is 3.26. The standard InChI is InChI=1S/C25H36FN3O4S2/c1-3-4-17-35(31,32)29(11-10-27-12-14-33-15-13-27)20-25(30)28(19-24-21(2)9-16-34-24)18-22-5-7-23(26)8-6-22/h5-9,16H,3-4,10-15,17-20H2,1-2H3. The van der Waals surface area contributed by atoms with Gasteiger partial charge in [0.05, 0.1) is 32.1 Å². The third-order valence-corrected chi connectivity index (χ3v) is 9.08. The number of hydrogen-bond donors (Lipinski definition) is 0. The molecular formula is C25H36FN3O4S2. The molecule has 1 aromatic carbocycles. The Labute approximate surface area is 212 Å². The van der Waals surface area contributed by atoms with Crippen molar-refractivity contribution in [1.29, 1.82) is 0 Å². The van der Waals surface area contributed by atoms with Crippen LogP contribution in [0.25, 0.3) is 0 Å². The van der Waals surface area contributed by atoms with Crippen LogP contribution in [-0.2, 0) is 32.6 Å². The number of carbonyl (C=O) groups excluding carboxylic acids is 1. The monoisotopic (exact) mass is 525 g/mol. The Hall–Kier alpha value is -1.85. The third-order valence-electron chi connectivity index (χ3n) is 6.17. The second kappa shape index (κ2) is 13.5. The summed E-state index contributed by atoms with van der Waals surface area (Å²) < 4.78 is 46.5. The molecule has 194 valence electrons. The number of benzene rings is 1. The molecule has 0 radical (unpaired) electrons. The summed E-state index contributed by atoms with van der Waals surface area (Å²) in [6.07, 6.45) is 1.32. The van der Waals surface area contributed by atoms with E-state index in [0.717, 1.165) is 35.5 Å². The molecule has 0 saturated carbocycles. The molecule has 3 rings (SSSR count). The zero-order chi connectivity index (χ0) is 25.3. The fourth-order valence-electron chi connectivity index (χ4n) is 3.88. The fourth-order valence-corrected chi connectivity index (χ4v) is 6.38. The minimum atomic E-state index is -3.58. The van der Waals surface area contributed by atoms with E-state index in [1.807, 2.05) is 25.3 Å². The molecule has 1 aromatic heterocycles. The SMILES string of the molecule is CCCCS(=O)(=O)N(CCN1CCOCC1)CC(=O)N(Cc1ccc(F)cc1)Cc1sccc1C. The number of hydrogen-bond acceptors (Lipinski definition) is 6. The first kappa shape index (κ1) is 27.7. The number of rotatable bonds is 13. The van der Waals surface area contributed by atoms with Gasteiger partial charge in [-0.25, -0.2) is 12.8 Å². The fraction of sp³-hybridized carbons (Fsp3) is 0.560. The molecule has 2 heterocycles. The normalized spacial score (nSPS) is 15.0. The lowest BCUT2D eigenvalue weighted by molar-refractivity contribution is -0.132. The second-order valence-corrected chi connectivity index (χ2v) is 11.9. The molecule has 1 fully saturated rings. The highest BCUT2D eigenvalue weighted by molar-refractivity contribution is 7.89. The quantitative estimate of drug-likeness (QED) is 0.401. The first-order valence-electron chi connectivity index (χ1n) is 12.1. The van der Waals surface area contributed by atoms with Crippen molar-refractivity contribution in [2.24, 2.45) is 0 Å². The van der Waals surface area contributed by atoms with Crippen molar-refractivity contribution in [2.45, 2.75) is 39.8 Å². The van der Waals surface area contributed by atoms with E-state index in [1.165, 1.54) is 16.4 Å². The van der Waals surface area contributed by atoms with Gasteiger partial charge in [-0.2, -0.15) is 4.31 Å². The molecule has 2 aromatic rings. The number of aryl methyl sites for hydroxylation is 1. The highest BCUT2D eigenvalue weighted by atomic mass is 32.2. The summed E-state index contributed by atoms with van der Waals surface area (Å²) in [6.45, 7) is 8.00. The van der Waals surface area contributed by atoms with Gasteiger partial charge in [-0.1, -0.05) is 25.5 Å². The summed E-state index contributed by atoms with van der Waals surface area (Å²) in [7, 11) is -3.58. The van der Waals surface area contributed by atoms with Gasteiger partial charge in [0, 0.05) is 37.6 Å². The number of thiophene rings is 1. The molecule has 0 atom stereocenters. The van der Waals surface area contributed by atoms with Crippen molar-refractivity contribution in [1.82, 2.24) is 14.1 Å². The van der Waals surface area contributed by atoms with Gasteiger partial charge >= 0.3 is 0 Å². The van der Waals surface area contributed by atoms with E-state index >= 15 is 0 Å². The molecule has 0 N–H and O–H groups in total. The van der Waals surface area contributed by atoms with Crippen molar-refractivity contribution in [2.75, 3.05) is 51.7 Å². The molecule has 35 heavy (non-hydrogen) atoms. The number of unbranched alkanes of at least 4 members (excludes halogenated alkanes) is 1. The molecule has 7 nitrogen and oxygen atoms in total. The van der Waals surface area contributed by atoms with Gasteiger partial charge in [-0.15, -0.1) is 11.3 Å². The maximum absolute atomic E-state index is 13.6. The van der Waals surface area contributed by atoms with E-state index in [-0.39, 0.29) is 37.1 Å². The van der Waals surface area contributed by atoms with Gasteiger partial charge < -0.3 is 9.64 Å². The summed E-state index contributed by atoms with van der Waals surface area (Å²) >= 11 is 1.57. The van der Waals surface area contributed by atoms with Crippen molar-refractivity contribution >= 4 is 27.3 Å². The number of nitrogens with zero attached hydrogens (tertiary/aromatic N) is 3. The minimum Gasteiger partial charge on any atom is -0.379 e. The van der Waals surface area contributed by atoms with Crippen molar-refractivity contribution in [3.8, 4) is 0 Å². The van der Waals surface area contributed by atoms with Crippen molar-refractivity contribution in [3.63, 3.8) is 0 Å². The van der Waals surface area contributed by atoms with Crippen molar-refractivity contribution in [3.05, 3.63) is 57.5 Å². The van der Waals surface area contributed by atoms with Crippen LogP contribution in [0.1, 0.15) is 35.8 Å². The van der Waals surface area contributed by atoms with Gasteiger partial charge in [0.15, 0.2) is 0 Å². The number of halogens is 1. The number of ether oxygens (including phenoxy) is 1. The summed E-state index contributed by atoms with van der Waals surface area (Å²) in [5.74, 6) is -0.566. The number of sulfonamides is 1. The van der Waals surface area contributed by atoms with Crippen LogP contribution in [0.3, 0.4) is 0 Å². The lowest BCUT2D eigenvalue weighted by atomic mass is 10.2. The first-order chi connectivity index (χ1) is 16.8. The van der Waals surface area contributed by atoms with Crippen LogP contribution < -0.4 is 0 Å². The molecule has 1 amide bonds. The Morgan fingerprint density at radius 2 is 1.86 bits per heavy atom. The highest BCUT2D eigenvalue weighted by Crippen LogP contribution is 2.20. The molecule has 1 saturated heterocycles. The smallest absolute Gasteiger partial charge is 0.238 e. The Bertz CT molecular complexity index is 1040. The predicted molar refractivity (Wildman–Crippen MR) is 137 cm³/mol. The van der Waals surface area contributed by atoms with Crippen LogP contribution in [0.2, 0.25) is 0 Å². The predicted octanol–water partition coefficient (Wildman–Crippen LogP) is 3.49. The minimum absolute atomic E-state index is 0.0296. The second-order valence-electron chi connectivity index (χ2n) is 8.86. The Kier molecular flexibility index (Phi) is 10.7. The number of amides is 1. The number of carbonyl (C=O) groups is 1. The van der Waals surface area contributed by atoms with E-state index < -0.39 is 10.0 Å². The Balaban J connectivity index is 1.77. The largest absolute Gasteiger partial charge is 0.379 e. The Morgan fingerprint density at radius 1 is 1.14 bits per heavy atom. The third kappa shape index (κ3) is 8.64. The lowest BCUT2D eigenvalue weighted by Gasteiger charge is -2.31. The van der Waals surface area contributed by atoms with Crippen LogP contribution in [-0.4, -0.2) is 80.1 Å². The summed E-state index contributed by atoms with van der Waals surface area (Å²) in [4.78, 5) is 18.4.